The van der Waals surface area contributed by atoms with E-state index < -0.39 is 11.9 Å². The first-order valence-electron chi connectivity index (χ1n) is 9.95. The molecule has 0 bridgehead atoms. The molecule has 0 spiro atoms. The zero-order valence-electron chi connectivity index (χ0n) is 16.3. The molecular weight excluding hydrogens is 384 g/mol. The summed E-state index contributed by atoms with van der Waals surface area (Å²) in [4.78, 5) is 24.7. The molecule has 1 aliphatic heterocycles. The van der Waals surface area contributed by atoms with Gasteiger partial charge in [0.15, 0.2) is 0 Å². The highest BCUT2D eigenvalue weighted by Gasteiger charge is 2.34. The van der Waals surface area contributed by atoms with Crippen LogP contribution in [0.2, 0.25) is 0 Å². The Morgan fingerprint density at radius 1 is 0.516 bits per heavy atom. The van der Waals surface area contributed by atoms with Gasteiger partial charge in [-0.05, 0) is 56.6 Å². The predicted molar refractivity (Wildman–Crippen MR) is 121 cm³/mol. The molecule has 0 fully saturated rings. The summed E-state index contributed by atoms with van der Waals surface area (Å²) in [5.41, 5.74) is 1.92. The maximum absolute atomic E-state index is 12.4. The van der Waals surface area contributed by atoms with Gasteiger partial charge in [-0.2, -0.15) is 0 Å². The molecule has 3 nitrogen and oxygen atoms in total. The lowest BCUT2D eigenvalue weighted by atomic mass is 9.95. The fourth-order valence-electron chi connectivity index (χ4n) is 4.27. The van der Waals surface area contributed by atoms with Gasteiger partial charge in [-0.25, -0.2) is 9.59 Å². The molecule has 31 heavy (non-hydrogen) atoms. The van der Waals surface area contributed by atoms with Crippen molar-refractivity contribution in [3.63, 3.8) is 0 Å². The molecule has 6 rings (SSSR count). The maximum Gasteiger partial charge on any atom is 0.348 e. The van der Waals surface area contributed by atoms with Gasteiger partial charge in [0.2, 0.25) is 0 Å². The summed E-state index contributed by atoms with van der Waals surface area (Å²) in [5.74, 6) is 5.12. The van der Waals surface area contributed by atoms with E-state index in [0.717, 1.165) is 27.1 Å². The summed E-state index contributed by atoms with van der Waals surface area (Å²) in [6.45, 7) is 0. The van der Waals surface area contributed by atoms with Gasteiger partial charge < -0.3 is 4.74 Å². The van der Waals surface area contributed by atoms with Crippen molar-refractivity contribution >= 4 is 44.3 Å². The summed E-state index contributed by atoms with van der Waals surface area (Å²) in [7, 11) is 0. The highest BCUT2D eigenvalue weighted by molar-refractivity contribution is 6.22. The molecular formula is C28H14O3. The van der Waals surface area contributed by atoms with Gasteiger partial charge in [-0.3, -0.25) is 0 Å². The Kier molecular flexibility index (Phi) is 3.68. The Hall–Kier alpha value is -4.42. The minimum absolute atomic E-state index is 0.252. The van der Waals surface area contributed by atoms with Crippen molar-refractivity contribution in [3.8, 4) is 11.8 Å². The third-order valence-electron chi connectivity index (χ3n) is 5.72. The Balaban J connectivity index is 1.59. The van der Waals surface area contributed by atoms with Crippen molar-refractivity contribution in [1.29, 1.82) is 0 Å². The number of hydrogen-bond acceptors (Lipinski definition) is 3. The Labute approximate surface area is 177 Å². The number of cyclic esters (lactones) is 2. The largest absolute Gasteiger partial charge is 0.386 e. The second-order valence-electron chi connectivity index (χ2n) is 7.55. The van der Waals surface area contributed by atoms with Crippen LogP contribution in [0.1, 0.15) is 31.8 Å². The quantitative estimate of drug-likeness (QED) is 0.142. The second kappa shape index (κ2) is 6.55. The minimum Gasteiger partial charge on any atom is -0.386 e. The zero-order valence-corrected chi connectivity index (χ0v) is 16.3. The van der Waals surface area contributed by atoms with E-state index in [1.165, 1.54) is 5.39 Å². The first kappa shape index (κ1) is 17.4. The summed E-state index contributed by atoms with van der Waals surface area (Å²) in [6.07, 6.45) is 0. The predicted octanol–water partition coefficient (Wildman–Crippen LogP) is 5.86. The molecule has 0 saturated carbocycles. The van der Waals surface area contributed by atoms with Crippen LogP contribution in [0.3, 0.4) is 0 Å². The van der Waals surface area contributed by atoms with Crippen LogP contribution in [0.15, 0.2) is 84.9 Å². The number of benzene rings is 5. The van der Waals surface area contributed by atoms with Crippen LogP contribution in [0.5, 0.6) is 0 Å². The molecule has 0 aromatic heterocycles. The Morgan fingerprint density at radius 2 is 1.13 bits per heavy atom. The average Bonchev–Trinajstić information content (AvgIpc) is 3.10. The molecule has 3 heteroatoms. The van der Waals surface area contributed by atoms with Gasteiger partial charge in [-0.15, -0.1) is 0 Å². The van der Waals surface area contributed by atoms with Crippen molar-refractivity contribution in [3.05, 3.63) is 107 Å². The third kappa shape index (κ3) is 2.70. The normalized spacial score (nSPS) is 12.6. The van der Waals surface area contributed by atoms with Gasteiger partial charge in [-0.1, -0.05) is 72.5 Å². The molecule has 0 saturated heterocycles. The summed E-state index contributed by atoms with van der Waals surface area (Å²) in [5, 5.41) is 6.02. The van der Waals surface area contributed by atoms with Crippen LogP contribution in [-0.2, 0) is 4.74 Å². The second-order valence-corrected chi connectivity index (χ2v) is 7.55. The van der Waals surface area contributed by atoms with Crippen molar-refractivity contribution in [2.45, 2.75) is 0 Å². The lowest BCUT2D eigenvalue weighted by molar-refractivity contribution is 0.0444. The van der Waals surface area contributed by atoms with Crippen LogP contribution < -0.4 is 0 Å². The third-order valence-corrected chi connectivity index (χ3v) is 5.72. The number of hydrogen-bond donors (Lipinski definition) is 0. The van der Waals surface area contributed by atoms with Gasteiger partial charge in [0, 0.05) is 11.1 Å². The Bertz CT molecular complexity index is 1650. The summed E-state index contributed by atoms with van der Waals surface area (Å²) < 4.78 is 4.91. The molecule has 0 unspecified atom stereocenters. The summed E-state index contributed by atoms with van der Waals surface area (Å²) >= 11 is 0. The average molecular weight is 398 g/mol. The van der Waals surface area contributed by atoms with Crippen molar-refractivity contribution in [1.82, 2.24) is 0 Å². The number of rotatable bonds is 0. The minimum atomic E-state index is -0.640. The van der Waals surface area contributed by atoms with Crippen molar-refractivity contribution < 1.29 is 14.3 Å². The molecule has 5 aromatic carbocycles. The molecule has 0 aliphatic carbocycles. The zero-order chi connectivity index (χ0) is 20.9. The van der Waals surface area contributed by atoms with E-state index >= 15 is 0 Å². The number of fused-ring (bicyclic) bond motifs is 5. The number of carbonyl (C=O) groups excluding carboxylic acids is 2. The van der Waals surface area contributed by atoms with E-state index in [0.29, 0.717) is 16.5 Å². The van der Waals surface area contributed by atoms with Crippen LogP contribution in [0, 0.1) is 11.8 Å². The topological polar surface area (TPSA) is 43.4 Å². The maximum atomic E-state index is 12.4. The number of esters is 2. The first-order valence-corrected chi connectivity index (χ1v) is 9.95. The van der Waals surface area contributed by atoms with Gasteiger partial charge in [0.25, 0.3) is 0 Å². The van der Waals surface area contributed by atoms with E-state index in [9.17, 15) is 9.59 Å². The molecule has 1 heterocycles. The lowest BCUT2D eigenvalue weighted by Crippen LogP contribution is -1.98. The molecule has 0 amide bonds. The van der Waals surface area contributed by atoms with E-state index in [4.69, 9.17) is 4.74 Å². The smallest absolute Gasteiger partial charge is 0.348 e. The molecule has 1 aliphatic rings. The molecule has 0 atom stereocenters. The van der Waals surface area contributed by atoms with Crippen LogP contribution in [0.4, 0.5) is 0 Å². The highest BCUT2D eigenvalue weighted by atomic mass is 16.6. The standard InChI is InChI=1S/C28H14O3/c29-27-25-22(15-20-8-3-4-11-23(20)26(25)28(30)31-27)13-12-17-9-5-10-21-14-18-6-1-2-7-19(18)16-24(17)21/h1-11,14-16H. The van der Waals surface area contributed by atoms with Crippen LogP contribution in [-0.4, -0.2) is 11.9 Å². The van der Waals surface area contributed by atoms with E-state index in [1.807, 2.05) is 54.6 Å². The van der Waals surface area contributed by atoms with Gasteiger partial charge in [0.05, 0.1) is 11.1 Å². The first-order chi connectivity index (χ1) is 15.2. The van der Waals surface area contributed by atoms with Crippen LogP contribution in [0.25, 0.3) is 32.3 Å². The molecule has 5 aromatic rings. The summed E-state index contributed by atoms with van der Waals surface area (Å²) in [6, 6.07) is 27.8. The van der Waals surface area contributed by atoms with Crippen molar-refractivity contribution in [2.24, 2.45) is 0 Å². The van der Waals surface area contributed by atoms with Crippen LogP contribution >= 0.6 is 0 Å². The molecule has 0 radical (unpaired) electrons. The monoisotopic (exact) mass is 398 g/mol. The molecule has 144 valence electrons. The fourth-order valence-corrected chi connectivity index (χ4v) is 4.27. The number of ether oxygens (including phenoxy) is 1. The van der Waals surface area contributed by atoms with E-state index in [1.54, 1.807) is 0 Å². The fraction of sp³-hybridized carbons (Fsp3) is 0. The van der Waals surface area contributed by atoms with Gasteiger partial charge >= 0.3 is 11.9 Å². The van der Waals surface area contributed by atoms with E-state index in [2.05, 4.69) is 42.2 Å². The van der Waals surface area contributed by atoms with Gasteiger partial charge in [0.1, 0.15) is 0 Å². The SMILES string of the molecule is O=C1OC(=O)c2c1c(C#Cc1cccc3cc4ccccc4cc13)cc1ccccc21. The number of carbonyl (C=O) groups is 2. The van der Waals surface area contributed by atoms with E-state index in [-0.39, 0.29) is 5.56 Å². The molecule has 0 N–H and O–H groups in total. The highest BCUT2D eigenvalue weighted by Crippen LogP contribution is 2.32. The van der Waals surface area contributed by atoms with Crippen molar-refractivity contribution in [2.75, 3.05) is 0 Å². The Morgan fingerprint density at radius 3 is 1.97 bits per heavy atom. The lowest BCUT2D eigenvalue weighted by Gasteiger charge is -2.05.